The predicted octanol–water partition coefficient (Wildman–Crippen LogP) is 1.79. The summed E-state index contributed by atoms with van der Waals surface area (Å²) in [7, 11) is 3.08. The van der Waals surface area contributed by atoms with Gasteiger partial charge in [-0.05, 0) is 24.3 Å². The van der Waals surface area contributed by atoms with Gasteiger partial charge in [0.05, 0.1) is 20.5 Å². The van der Waals surface area contributed by atoms with Crippen LogP contribution in [0.1, 0.15) is 0 Å². The summed E-state index contributed by atoms with van der Waals surface area (Å²) in [4.78, 5) is 11.2. The molecular weight excluding hydrogens is 194 g/mol. The van der Waals surface area contributed by atoms with Crippen molar-refractivity contribution >= 4 is 11.6 Å². The molecule has 1 rings (SSSR count). The Hall–Kier alpha value is -1.97. The van der Waals surface area contributed by atoms with E-state index in [1.807, 2.05) is 0 Å². The number of carbonyl (C=O) groups is 1. The van der Waals surface area contributed by atoms with E-state index in [-0.39, 0.29) is 5.91 Å². The minimum Gasteiger partial charge on any atom is -0.504 e. The second-order valence-electron chi connectivity index (χ2n) is 2.76. The van der Waals surface area contributed by atoms with E-state index >= 15 is 0 Å². The number of benzene rings is 1. The Labute approximate surface area is 88.5 Å². The zero-order valence-electron chi connectivity index (χ0n) is 8.69. The number of amides is 1. The van der Waals surface area contributed by atoms with Crippen LogP contribution in [0.4, 0.5) is 5.69 Å². The van der Waals surface area contributed by atoms with Crippen molar-refractivity contribution in [3.63, 3.8) is 0 Å². The number of carbonyl (C=O) groups excluding carboxylic acids is 1. The van der Waals surface area contributed by atoms with Crippen LogP contribution >= 0.6 is 0 Å². The van der Waals surface area contributed by atoms with Crippen LogP contribution < -0.4 is 10.1 Å². The van der Waals surface area contributed by atoms with E-state index in [2.05, 4.69) is 10.1 Å². The number of nitrogens with one attached hydrogen (secondary N) is 1. The van der Waals surface area contributed by atoms with Gasteiger partial charge in [-0.2, -0.15) is 0 Å². The molecule has 0 saturated heterocycles. The molecule has 0 aliphatic heterocycles. The Morgan fingerprint density at radius 1 is 1.27 bits per heavy atom. The van der Waals surface area contributed by atoms with Crippen LogP contribution in [0.25, 0.3) is 0 Å². The number of methoxy groups -OCH3 is 2. The fourth-order valence-electron chi connectivity index (χ4n) is 0.988. The van der Waals surface area contributed by atoms with Crippen molar-refractivity contribution in [1.82, 2.24) is 0 Å². The standard InChI is InChI=1S/C11H13NO3/c1-14-8-7-11(13)12-9-3-5-10(15-2)6-4-9/h3-8H,1-2H3,(H,12,13). The molecule has 1 aromatic rings. The molecule has 1 amide bonds. The minimum absolute atomic E-state index is 0.234. The van der Waals surface area contributed by atoms with E-state index in [0.29, 0.717) is 5.69 Å². The lowest BCUT2D eigenvalue weighted by Gasteiger charge is -2.03. The van der Waals surface area contributed by atoms with Gasteiger partial charge in [0.1, 0.15) is 5.75 Å². The lowest BCUT2D eigenvalue weighted by Crippen LogP contribution is -2.07. The largest absolute Gasteiger partial charge is 0.504 e. The molecule has 0 saturated carbocycles. The molecule has 15 heavy (non-hydrogen) atoms. The molecule has 4 nitrogen and oxygen atoms in total. The van der Waals surface area contributed by atoms with Crippen molar-refractivity contribution in [1.29, 1.82) is 0 Å². The second-order valence-corrected chi connectivity index (χ2v) is 2.76. The Kier molecular flexibility index (Phi) is 4.22. The highest BCUT2D eigenvalue weighted by atomic mass is 16.5. The van der Waals surface area contributed by atoms with Gasteiger partial charge in [0.15, 0.2) is 0 Å². The quantitative estimate of drug-likeness (QED) is 0.605. The summed E-state index contributed by atoms with van der Waals surface area (Å²) in [5.74, 6) is 0.516. The predicted molar refractivity (Wildman–Crippen MR) is 57.8 cm³/mol. The second kappa shape index (κ2) is 5.70. The Morgan fingerprint density at radius 2 is 1.93 bits per heavy atom. The first kappa shape index (κ1) is 11.1. The van der Waals surface area contributed by atoms with E-state index in [1.54, 1.807) is 31.4 Å². The van der Waals surface area contributed by atoms with E-state index in [4.69, 9.17) is 4.74 Å². The van der Waals surface area contributed by atoms with Crippen LogP contribution in [-0.2, 0) is 9.53 Å². The summed E-state index contributed by atoms with van der Waals surface area (Å²) >= 11 is 0. The summed E-state index contributed by atoms with van der Waals surface area (Å²) in [6.45, 7) is 0. The van der Waals surface area contributed by atoms with Crippen molar-refractivity contribution in [3.05, 3.63) is 36.6 Å². The Balaban J connectivity index is 2.57. The highest BCUT2D eigenvalue weighted by molar-refractivity contribution is 5.99. The SMILES string of the molecule is COC=CC(=O)Nc1ccc(OC)cc1. The highest BCUT2D eigenvalue weighted by Gasteiger charge is 1.97. The molecule has 0 atom stereocenters. The molecule has 0 radical (unpaired) electrons. The summed E-state index contributed by atoms with van der Waals surface area (Å²) in [6, 6.07) is 7.07. The van der Waals surface area contributed by atoms with Gasteiger partial charge in [0, 0.05) is 11.8 Å². The zero-order valence-corrected chi connectivity index (χ0v) is 8.69. The topological polar surface area (TPSA) is 47.6 Å². The van der Waals surface area contributed by atoms with E-state index in [1.165, 1.54) is 19.4 Å². The Morgan fingerprint density at radius 3 is 2.47 bits per heavy atom. The van der Waals surface area contributed by atoms with Crippen molar-refractivity contribution < 1.29 is 14.3 Å². The first-order chi connectivity index (χ1) is 7.26. The van der Waals surface area contributed by atoms with E-state index in [0.717, 1.165) is 5.75 Å². The molecule has 1 N–H and O–H groups in total. The third-order valence-corrected chi connectivity index (χ3v) is 1.71. The summed E-state index contributed by atoms with van der Waals surface area (Å²) < 4.78 is 9.62. The van der Waals surface area contributed by atoms with Crippen LogP contribution in [-0.4, -0.2) is 20.1 Å². The molecular formula is C11H13NO3. The number of anilines is 1. The van der Waals surface area contributed by atoms with Crippen LogP contribution in [0.5, 0.6) is 5.75 Å². The lowest BCUT2D eigenvalue weighted by atomic mass is 10.3. The maximum atomic E-state index is 11.2. The maximum absolute atomic E-state index is 11.2. The van der Waals surface area contributed by atoms with Crippen molar-refractivity contribution in [3.8, 4) is 5.75 Å². The van der Waals surface area contributed by atoms with Gasteiger partial charge < -0.3 is 14.8 Å². The number of ether oxygens (including phenoxy) is 2. The molecule has 0 unspecified atom stereocenters. The van der Waals surface area contributed by atoms with Gasteiger partial charge in [-0.3, -0.25) is 4.79 Å². The van der Waals surface area contributed by atoms with Gasteiger partial charge >= 0.3 is 0 Å². The Bertz CT molecular complexity index is 343. The molecule has 0 fully saturated rings. The monoisotopic (exact) mass is 207 g/mol. The molecule has 0 bridgehead atoms. The average Bonchev–Trinajstić information content (AvgIpc) is 2.27. The molecule has 0 spiro atoms. The van der Waals surface area contributed by atoms with Gasteiger partial charge in [-0.1, -0.05) is 0 Å². The molecule has 0 aliphatic rings. The van der Waals surface area contributed by atoms with Gasteiger partial charge in [0.25, 0.3) is 5.91 Å². The smallest absolute Gasteiger partial charge is 0.251 e. The van der Waals surface area contributed by atoms with Crippen molar-refractivity contribution in [2.75, 3.05) is 19.5 Å². The van der Waals surface area contributed by atoms with E-state index < -0.39 is 0 Å². The summed E-state index contributed by atoms with van der Waals surface area (Å²) in [6.07, 6.45) is 2.63. The summed E-state index contributed by atoms with van der Waals surface area (Å²) in [5.41, 5.74) is 0.710. The number of rotatable bonds is 4. The van der Waals surface area contributed by atoms with Gasteiger partial charge in [-0.25, -0.2) is 0 Å². The fourth-order valence-corrected chi connectivity index (χ4v) is 0.988. The molecule has 0 aliphatic carbocycles. The molecule has 0 heterocycles. The maximum Gasteiger partial charge on any atom is 0.251 e. The molecule has 4 heteroatoms. The van der Waals surface area contributed by atoms with Crippen LogP contribution in [0.3, 0.4) is 0 Å². The van der Waals surface area contributed by atoms with Crippen LogP contribution in [0.2, 0.25) is 0 Å². The first-order valence-electron chi connectivity index (χ1n) is 4.40. The molecule has 1 aromatic carbocycles. The van der Waals surface area contributed by atoms with E-state index in [9.17, 15) is 4.79 Å². The first-order valence-corrected chi connectivity index (χ1v) is 4.40. The fraction of sp³-hybridized carbons (Fsp3) is 0.182. The zero-order chi connectivity index (χ0) is 11.1. The van der Waals surface area contributed by atoms with Crippen molar-refractivity contribution in [2.45, 2.75) is 0 Å². The lowest BCUT2D eigenvalue weighted by molar-refractivity contribution is -0.112. The normalized spacial score (nSPS) is 10.0. The van der Waals surface area contributed by atoms with Gasteiger partial charge in [-0.15, -0.1) is 0 Å². The van der Waals surface area contributed by atoms with Gasteiger partial charge in [0.2, 0.25) is 0 Å². The average molecular weight is 207 g/mol. The number of hydrogen-bond acceptors (Lipinski definition) is 3. The minimum atomic E-state index is -0.234. The molecule has 0 aromatic heterocycles. The van der Waals surface area contributed by atoms with Crippen LogP contribution in [0.15, 0.2) is 36.6 Å². The third kappa shape index (κ3) is 3.72. The van der Waals surface area contributed by atoms with Crippen LogP contribution in [0, 0.1) is 0 Å². The molecule has 80 valence electrons. The third-order valence-electron chi connectivity index (χ3n) is 1.71. The van der Waals surface area contributed by atoms with Crippen molar-refractivity contribution in [2.24, 2.45) is 0 Å². The summed E-state index contributed by atoms with van der Waals surface area (Å²) in [5, 5.41) is 2.67. The highest BCUT2D eigenvalue weighted by Crippen LogP contribution is 2.14. The number of hydrogen-bond donors (Lipinski definition) is 1.